The van der Waals surface area contributed by atoms with Crippen LogP contribution in [0, 0.1) is 0 Å². The average molecular weight is 233 g/mol. The molecular formula is C10H20NO3P. The van der Waals surface area contributed by atoms with Crippen LogP contribution < -0.4 is 0 Å². The van der Waals surface area contributed by atoms with Crippen LogP contribution in [0.25, 0.3) is 0 Å². The van der Waals surface area contributed by atoms with E-state index in [1.54, 1.807) is 0 Å². The van der Waals surface area contributed by atoms with Gasteiger partial charge in [0, 0.05) is 11.8 Å². The average Bonchev–Trinajstić information content (AvgIpc) is 2.51. The first-order valence-corrected chi connectivity index (χ1v) is 7.26. The van der Waals surface area contributed by atoms with Crippen molar-refractivity contribution in [2.24, 2.45) is 4.99 Å². The van der Waals surface area contributed by atoms with Gasteiger partial charge in [-0.25, -0.2) is 0 Å². The van der Waals surface area contributed by atoms with Gasteiger partial charge in [0.2, 0.25) is 0 Å². The molecule has 0 radical (unpaired) electrons. The lowest BCUT2D eigenvalue weighted by Crippen LogP contribution is -2.07. The molecule has 15 heavy (non-hydrogen) atoms. The van der Waals surface area contributed by atoms with Gasteiger partial charge in [0.1, 0.15) is 0 Å². The van der Waals surface area contributed by atoms with Gasteiger partial charge in [0.25, 0.3) is 0 Å². The topological polar surface area (TPSA) is 47.9 Å². The molecule has 88 valence electrons. The molecule has 0 N–H and O–H groups in total. The molecule has 0 aromatic heterocycles. The molecule has 1 aliphatic heterocycles. The van der Waals surface area contributed by atoms with E-state index in [2.05, 4.69) is 11.9 Å². The molecule has 0 amide bonds. The van der Waals surface area contributed by atoms with E-state index in [9.17, 15) is 4.57 Å². The number of hydrogen-bond donors (Lipinski definition) is 0. The second-order valence-electron chi connectivity index (χ2n) is 3.69. The number of nitrogens with zero attached hydrogens (tertiary/aromatic N) is 1. The van der Waals surface area contributed by atoms with Crippen molar-refractivity contribution in [3.8, 4) is 0 Å². The summed E-state index contributed by atoms with van der Waals surface area (Å²) in [6.07, 6.45) is 2.33. The molecule has 5 heteroatoms. The maximum Gasteiger partial charge on any atom is 0.336 e. The van der Waals surface area contributed by atoms with Crippen LogP contribution in [0.15, 0.2) is 4.99 Å². The Labute approximate surface area is 91.6 Å². The molecule has 0 saturated heterocycles. The molecule has 0 bridgehead atoms. The van der Waals surface area contributed by atoms with Gasteiger partial charge in [-0.1, -0.05) is 0 Å². The molecule has 0 aromatic rings. The van der Waals surface area contributed by atoms with Crippen LogP contribution in [-0.2, 0) is 13.6 Å². The highest BCUT2D eigenvalue weighted by Gasteiger charge is 2.28. The normalized spacial score (nSPS) is 21.8. The summed E-state index contributed by atoms with van der Waals surface area (Å²) in [5.41, 5.74) is 0.979. The third kappa shape index (κ3) is 4.06. The minimum atomic E-state index is -2.93. The Hall–Kier alpha value is -0.180. The number of hydrogen-bond acceptors (Lipinski definition) is 4. The minimum Gasteiger partial charge on any atom is -0.309 e. The monoisotopic (exact) mass is 233 g/mol. The Morgan fingerprint density at radius 2 is 2.00 bits per heavy atom. The molecule has 0 aromatic carbocycles. The number of rotatable bonds is 6. The van der Waals surface area contributed by atoms with Crippen LogP contribution in [0.3, 0.4) is 0 Å². The molecule has 0 aliphatic carbocycles. The fourth-order valence-electron chi connectivity index (χ4n) is 1.68. The van der Waals surface area contributed by atoms with Crippen molar-refractivity contribution in [2.75, 3.05) is 19.4 Å². The molecule has 0 saturated carbocycles. The first-order valence-electron chi connectivity index (χ1n) is 5.53. The molecule has 1 heterocycles. The van der Waals surface area contributed by atoms with Crippen molar-refractivity contribution < 1.29 is 13.6 Å². The standard InChI is InChI=1S/C10H20NO3P/c1-4-13-15(12,14-5-2)8-10-7-6-9(3)11-10/h9H,4-8H2,1-3H3. The van der Waals surface area contributed by atoms with E-state index in [1.165, 1.54) is 0 Å². The Kier molecular flexibility index (Phi) is 4.97. The summed E-state index contributed by atoms with van der Waals surface area (Å²) in [6, 6.07) is 0.358. The van der Waals surface area contributed by atoms with Crippen LogP contribution in [0.2, 0.25) is 0 Å². The summed E-state index contributed by atoms with van der Waals surface area (Å²) in [4.78, 5) is 4.42. The second-order valence-corrected chi connectivity index (χ2v) is 5.74. The maximum absolute atomic E-state index is 12.2. The largest absolute Gasteiger partial charge is 0.336 e. The molecule has 1 unspecified atom stereocenters. The van der Waals surface area contributed by atoms with E-state index >= 15 is 0 Å². The Bertz CT molecular complexity index is 268. The van der Waals surface area contributed by atoms with E-state index < -0.39 is 7.60 Å². The quantitative estimate of drug-likeness (QED) is 0.663. The zero-order valence-electron chi connectivity index (χ0n) is 9.73. The van der Waals surface area contributed by atoms with E-state index in [1.807, 2.05) is 13.8 Å². The van der Waals surface area contributed by atoms with Crippen LogP contribution in [-0.4, -0.2) is 31.1 Å². The van der Waals surface area contributed by atoms with Crippen molar-refractivity contribution in [1.29, 1.82) is 0 Å². The highest BCUT2D eigenvalue weighted by molar-refractivity contribution is 7.54. The zero-order valence-corrected chi connectivity index (χ0v) is 10.6. The summed E-state index contributed by atoms with van der Waals surface area (Å²) in [6.45, 7) is 6.55. The molecule has 1 atom stereocenters. The third-order valence-corrected chi connectivity index (χ3v) is 4.34. The van der Waals surface area contributed by atoms with Gasteiger partial charge in [-0.05, 0) is 33.6 Å². The van der Waals surface area contributed by atoms with E-state index in [4.69, 9.17) is 9.05 Å². The molecule has 1 aliphatic rings. The summed E-state index contributed by atoms with van der Waals surface area (Å²) < 4.78 is 22.6. The lowest BCUT2D eigenvalue weighted by molar-refractivity contribution is 0.223. The molecular weight excluding hydrogens is 213 g/mol. The number of aliphatic imine (C=N–C) groups is 1. The Balaban J connectivity index is 2.58. The smallest absolute Gasteiger partial charge is 0.309 e. The van der Waals surface area contributed by atoms with Crippen LogP contribution in [0.5, 0.6) is 0 Å². The zero-order chi connectivity index (χ0) is 11.3. The second kappa shape index (κ2) is 5.78. The van der Waals surface area contributed by atoms with Gasteiger partial charge in [0.15, 0.2) is 0 Å². The Morgan fingerprint density at radius 1 is 1.40 bits per heavy atom. The van der Waals surface area contributed by atoms with Crippen molar-refractivity contribution in [2.45, 2.75) is 39.7 Å². The van der Waals surface area contributed by atoms with Crippen LogP contribution in [0.1, 0.15) is 33.6 Å². The van der Waals surface area contributed by atoms with Gasteiger partial charge in [-0.2, -0.15) is 0 Å². The van der Waals surface area contributed by atoms with Gasteiger partial charge in [0.05, 0.1) is 19.4 Å². The van der Waals surface area contributed by atoms with Gasteiger partial charge >= 0.3 is 7.60 Å². The predicted octanol–water partition coefficient (Wildman–Crippen LogP) is 2.88. The first kappa shape index (κ1) is 12.9. The maximum atomic E-state index is 12.2. The summed E-state index contributed by atoms with van der Waals surface area (Å²) >= 11 is 0. The van der Waals surface area contributed by atoms with Crippen molar-refractivity contribution in [3.63, 3.8) is 0 Å². The fraction of sp³-hybridized carbons (Fsp3) is 0.900. The van der Waals surface area contributed by atoms with Gasteiger partial charge in [-0.3, -0.25) is 9.56 Å². The summed E-state index contributed by atoms with van der Waals surface area (Å²) in [5.74, 6) is 0. The SMILES string of the molecule is CCOP(=O)(CC1=NC(C)CC1)OCC. The predicted molar refractivity (Wildman–Crippen MR) is 61.9 cm³/mol. The summed E-state index contributed by atoms with van der Waals surface area (Å²) in [7, 11) is -2.93. The molecule has 0 fully saturated rings. The molecule has 4 nitrogen and oxygen atoms in total. The van der Waals surface area contributed by atoms with E-state index in [0.717, 1.165) is 18.6 Å². The fourth-order valence-corrected chi connectivity index (χ4v) is 3.41. The van der Waals surface area contributed by atoms with Crippen LogP contribution in [0.4, 0.5) is 0 Å². The highest BCUT2D eigenvalue weighted by atomic mass is 31.2. The lowest BCUT2D eigenvalue weighted by atomic mass is 10.2. The minimum absolute atomic E-state index is 0.358. The molecule has 0 spiro atoms. The first-order chi connectivity index (χ1) is 7.09. The summed E-state index contributed by atoms with van der Waals surface area (Å²) in [5, 5.41) is 0. The van der Waals surface area contributed by atoms with Crippen molar-refractivity contribution >= 4 is 13.3 Å². The van der Waals surface area contributed by atoms with Crippen LogP contribution >= 0.6 is 7.60 Å². The van der Waals surface area contributed by atoms with Crippen molar-refractivity contribution in [3.05, 3.63) is 0 Å². The van der Waals surface area contributed by atoms with Crippen molar-refractivity contribution in [1.82, 2.24) is 0 Å². The third-order valence-electron chi connectivity index (χ3n) is 2.28. The lowest BCUT2D eigenvalue weighted by Gasteiger charge is -2.16. The van der Waals surface area contributed by atoms with Gasteiger partial charge in [-0.15, -0.1) is 0 Å². The molecule has 1 rings (SSSR count). The van der Waals surface area contributed by atoms with Gasteiger partial charge < -0.3 is 9.05 Å². The van der Waals surface area contributed by atoms with E-state index in [-0.39, 0.29) is 0 Å². The van der Waals surface area contributed by atoms with E-state index in [0.29, 0.717) is 25.4 Å². The Morgan fingerprint density at radius 3 is 2.40 bits per heavy atom. The highest BCUT2D eigenvalue weighted by Crippen LogP contribution is 2.48.